The number of hydrogen-bond acceptors (Lipinski definition) is 3. The molecule has 0 radical (unpaired) electrons. The van der Waals surface area contributed by atoms with Crippen LogP contribution in [0.15, 0.2) is 41.6 Å². The van der Waals surface area contributed by atoms with Crippen LogP contribution in [-0.4, -0.2) is 28.1 Å². The number of anilines is 1. The van der Waals surface area contributed by atoms with E-state index < -0.39 is 8.32 Å². The van der Waals surface area contributed by atoms with Crippen LogP contribution in [0.2, 0.25) is 18.1 Å². The van der Waals surface area contributed by atoms with Crippen molar-refractivity contribution in [2.75, 3.05) is 18.6 Å². The van der Waals surface area contributed by atoms with Crippen molar-refractivity contribution in [2.24, 2.45) is 23.7 Å². The number of allylic oxidation sites excluding steroid dienone is 1. The molecule has 0 aromatic heterocycles. The molecule has 1 amide bonds. The summed E-state index contributed by atoms with van der Waals surface area (Å²) in [6, 6.07) is 9.94. The topological polar surface area (TPSA) is 38.8 Å². The number of amides is 1. The minimum absolute atomic E-state index is 0.174. The second kappa shape index (κ2) is 7.27. The highest BCUT2D eigenvalue weighted by atomic mass is 28.4. The molecule has 5 heteroatoms. The first-order chi connectivity index (χ1) is 13.7. The summed E-state index contributed by atoms with van der Waals surface area (Å²) in [6.07, 6.45) is 3.62. The van der Waals surface area contributed by atoms with Crippen LogP contribution in [0.4, 0.5) is 10.5 Å². The van der Waals surface area contributed by atoms with Crippen LogP contribution in [0.1, 0.15) is 40.0 Å². The van der Waals surface area contributed by atoms with Gasteiger partial charge in [-0.05, 0) is 72.9 Å². The van der Waals surface area contributed by atoms with E-state index in [9.17, 15) is 4.79 Å². The van der Waals surface area contributed by atoms with E-state index >= 15 is 0 Å². The number of hydrogen-bond donors (Lipinski definition) is 0. The van der Waals surface area contributed by atoms with E-state index in [1.165, 1.54) is 37.6 Å². The quantitative estimate of drug-likeness (QED) is 0.539. The standard InChI is InChI=1S/C24H35NO3Si/c1-24(2,3)29(5,6)28-15-19-20-16-12-13-17(14-16)21(20)22(19)25(23(26)27-4)18-10-8-7-9-11-18/h7-11,16-17,20-21H,12-15H2,1-6H3/t16-,17+,20-,21-/m1/s1. The first-order valence-electron chi connectivity index (χ1n) is 11.0. The van der Waals surface area contributed by atoms with Gasteiger partial charge in [0.15, 0.2) is 8.32 Å². The van der Waals surface area contributed by atoms with Gasteiger partial charge >= 0.3 is 6.09 Å². The Balaban J connectivity index is 1.72. The second-order valence-electron chi connectivity index (χ2n) is 10.5. The van der Waals surface area contributed by atoms with Crippen molar-refractivity contribution >= 4 is 20.1 Å². The molecule has 2 fully saturated rings. The molecule has 29 heavy (non-hydrogen) atoms. The highest BCUT2D eigenvalue weighted by Gasteiger charge is 2.59. The maximum Gasteiger partial charge on any atom is 0.418 e. The Morgan fingerprint density at radius 2 is 1.72 bits per heavy atom. The molecule has 2 saturated carbocycles. The van der Waals surface area contributed by atoms with Gasteiger partial charge in [-0.1, -0.05) is 39.0 Å². The molecule has 4 nitrogen and oxygen atoms in total. The van der Waals surface area contributed by atoms with E-state index in [1.54, 1.807) is 0 Å². The molecule has 4 atom stereocenters. The summed E-state index contributed by atoms with van der Waals surface area (Å²) in [4.78, 5) is 14.7. The summed E-state index contributed by atoms with van der Waals surface area (Å²) in [7, 11) is -0.389. The summed E-state index contributed by atoms with van der Waals surface area (Å²) in [5.41, 5.74) is 3.40. The van der Waals surface area contributed by atoms with Crippen LogP contribution < -0.4 is 4.90 Å². The average molecular weight is 414 g/mol. The number of nitrogens with zero attached hydrogens (tertiary/aromatic N) is 1. The van der Waals surface area contributed by atoms with E-state index in [1.807, 2.05) is 35.2 Å². The zero-order valence-electron chi connectivity index (χ0n) is 18.7. The van der Waals surface area contributed by atoms with E-state index in [0.29, 0.717) is 24.4 Å². The van der Waals surface area contributed by atoms with Crippen molar-refractivity contribution in [1.29, 1.82) is 0 Å². The molecule has 0 N–H and O–H groups in total. The Labute approximate surface area is 176 Å². The van der Waals surface area contributed by atoms with Gasteiger partial charge in [0, 0.05) is 11.6 Å². The SMILES string of the molecule is COC(=O)N(C1=C(CO[Si](C)(C)C(C)(C)C)[C@H]2[C@@H]3CC[C@@H](C3)[C@@H]12)c1ccccc1. The largest absolute Gasteiger partial charge is 0.452 e. The van der Waals surface area contributed by atoms with Crippen molar-refractivity contribution < 1.29 is 14.0 Å². The third-order valence-corrected chi connectivity index (χ3v) is 12.4. The predicted molar refractivity (Wildman–Crippen MR) is 119 cm³/mol. The van der Waals surface area contributed by atoms with Gasteiger partial charge in [-0.15, -0.1) is 0 Å². The van der Waals surface area contributed by atoms with Crippen LogP contribution in [0.5, 0.6) is 0 Å². The zero-order chi connectivity index (χ0) is 21.0. The van der Waals surface area contributed by atoms with Crippen LogP contribution in [0.3, 0.4) is 0 Å². The number of fused-ring (bicyclic) bond motifs is 5. The van der Waals surface area contributed by atoms with Crippen molar-refractivity contribution in [1.82, 2.24) is 0 Å². The monoisotopic (exact) mass is 413 g/mol. The minimum Gasteiger partial charge on any atom is -0.452 e. The fraction of sp³-hybridized carbons (Fsp3) is 0.625. The molecule has 0 saturated heterocycles. The number of methoxy groups -OCH3 is 1. The Hall–Kier alpha value is -1.59. The van der Waals surface area contributed by atoms with Crippen LogP contribution in [0.25, 0.3) is 0 Å². The molecule has 2 bridgehead atoms. The normalized spacial score (nSPS) is 28.2. The van der Waals surface area contributed by atoms with Crippen molar-refractivity contribution in [3.05, 3.63) is 41.6 Å². The first kappa shape index (κ1) is 20.7. The van der Waals surface area contributed by atoms with Crippen LogP contribution in [0, 0.1) is 23.7 Å². The lowest BCUT2D eigenvalue weighted by atomic mass is 9.63. The lowest BCUT2D eigenvalue weighted by Gasteiger charge is -2.49. The molecule has 0 heterocycles. The zero-order valence-corrected chi connectivity index (χ0v) is 19.7. The molecular formula is C24H35NO3Si. The number of benzene rings is 1. The summed E-state index contributed by atoms with van der Waals surface area (Å²) in [5.74, 6) is 2.53. The van der Waals surface area contributed by atoms with E-state index in [-0.39, 0.29) is 11.1 Å². The maximum atomic E-state index is 12.9. The maximum absolute atomic E-state index is 12.9. The smallest absolute Gasteiger partial charge is 0.418 e. The number of ether oxygens (including phenoxy) is 1. The van der Waals surface area contributed by atoms with Gasteiger partial charge in [-0.25, -0.2) is 9.69 Å². The first-order valence-corrected chi connectivity index (χ1v) is 13.9. The lowest BCUT2D eigenvalue weighted by Crippen LogP contribution is -2.49. The van der Waals surface area contributed by atoms with Gasteiger partial charge < -0.3 is 9.16 Å². The van der Waals surface area contributed by atoms with Gasteiger partial charge in [0.2, 0.25) is 0 Å². The van der Waals surface area contributed by atoms with Gasteiger partial charge in [-0.2, -0.15) is 0 Å². The fourth-order valence-electron chi connectivity index (χ4n) is 5.42. The highest BCUT2D eigenvalue weighted by molar-refractivity contribution is 6.74. The van der Waals surface area contributed by atoms with Gasteiger partial charge in [-0.3, -0.25) is 0 Å². The molecule has 3 aliphatic carbocycles. The Kier molecular flexibility index (Phi) is 5.19. The third kappa shape index (κ3) is 3.36. The summed E-state index contributed by atoms with van der Waals surface area (Å²) < 4.78 is 11.9. The highest BCUT2D eigenvalue weighted by Crippen LogP contribution is 2.64. The van der Waals surface area contributed by atoms with Crippen LogP contribution >= 0.6 is 0 Å². The fourth-order valence-corrected chi connectivity index (χ4v) is 6.37. The number of carbonyl (C=O) groups excluding carboxylic acids is 1. The molecule has 158 valence electrons. The molecule has 3 aliphatic rings. The molecule has 0 aliphatic heterocycles. The van der Waals surface area contributed by atoms with E-state index in [4.69, 9.17) is 9.16 Å². The Morgan fingerprint density at radius 3 is 2.31 bits per heavy atom. The van der Waals surface area contributed by atoms with Crippen molar-refractivity contribution in [3.63, 3.8) is 0 Å². The van der Waals surface area contributed by atoms with Crippen molar-refractivity contribution in [2.45, 2.75) is 58.2 Å². The molecule has 4 rings (SSSR count). The number of para-hydroxylation sites is 1. The van der Waals surface area contributed by atoms with Crippen molar-refractivity contribution in [3.8, 4) is 0 Å². The second-order valence-corrected chi connectivity index (χ2v) is 15.3. The average Bonchev–Trinajstić information content (AvgIpc) is 3.23. The number of rotatable bonds is 5. The van der Waals surface area contributed by atoms with Crippen LogP contribution in [-0.2, 0) is 9.16 Å². The number of carbonyl (C=O) groups is 1. The van der Waals surface area contributed by atoms with E-state index in [2.05, 4.69) is 33.9 Å². The molecular weight excluding hydrogens is 378 g/mol. The Bertz CT molecular complexity index is 811. The lowest BCUT2D eigenvalue weighted by molar-refractivity contribution is 0.168. The van der Waals surface area contributed by atoms with Gasteiger partial charge in [0.25, 0.3) is 0 Å². The summed E-state index contributed by atoms with van der Waals surface area (Å²) in [6.45, 7) is 12.1. The third-order valence-electron chi connectivity index (χ3n) is 7.97. The minimum atomic E-state index is -1.86. The predicted octanol–water partition coefficient (Wildman–Crippen LogP) is 6.21. The van der Waals surface area contributed by atoms with Gasteiger partial charge in [0.1, 0.15) is 0 Å². The molecule has 1 aromatic carbocycles. The molecule has 0 unspecified atom stereocenters. The van der Waals surface area contributed by atoms with E-state index in [0.717, 1.165) is 11.6 Å². The Morgan fingerprint density at radius 1 is 1.10 bits per heavy atom. The van der Waals surface area contributed by atoms with Gasteiger partial charge in [0.05, 0.1) is 19.4 Å². The molecule has 0 spiro atoms. The summed E-state index contributed by atoms with van der Waals surface area (Å²) >= 11 is 0. The molecule has 1 aromatic rings. The summed E-state index contributed by atoms with van der Waals surface area (Å²) in [5, 5.41) is 0.174.